The van der Waals surface area contributed by atoms with Crippen LogP contribution in [-0.4, -0.2) is 83.7 Å². The van der Waals surface area contributed by atoms with E-state index in [1.807, 2.05) is 33.7 Å². The van der Waals surface area contributed by atoms with Gasteiger partial charge in [0.1, 0.15) is 23.8 Å². The lowest BCUT2D eigenvalue weighted by Gasteiger charge is -2.33. The van der Waals surface area contributed by atoms with Crippen molar-refractivity contribution < 1.29 is 23.7 Å². The molecule has 0 aliphatic carbocycles. The first kappa shape index (κ1) is 17.2. The van der Waals surface area contributed by atoms with Crippen LogP contribution >= 0.6 is 0 Å². The Morgan fingerprint density at radius 3 is 2.63 bits per heavy atom. The summed E-state index contributed by atoms with van der Waals surface area (Å²) in [5.74, 6) is 1.15. The van der Waals surface area contributed by atoms with Crippen molar-refractivity contribution in [2.24, 2.45) is 4.99 Å². The first-order chi connectivity index (χ1) is 12.9. The molecule has 0 bridgehead atoms. The van der Waals surface area contributed by atoms with E-state index >= 15 is 0 Å². The summed E-state index contributed by atoms with van der Waals surface area (Å²) in [6.45, 7) is 2.40. The fourth-order valence-electron chi connectivity index (χ4n) is 3.63. The summed E-state index contributed by atoms with van der Waals surface area (Å²) in [4.78, 5) is 45.9. The molecule has 3 aliphatic rings. The van der Waals surface area contributed by atoms with Gasteiger partial charge in [0.15, 0.2) is 0 Å². The van der Waals surface area contributed by atoms with E-state index in [0.717, 1.165) is 16.3 Å². The Hall–Kier alpha value is -3.23. The van der Waals surface area contributed by atoms with Gasteiger partial charge in [0.2, 0.25) is 11.9 Å². The summed E-state index contributed by atoms with van der Waals surface area (Å²) in [6.07, 6.45) is 0. The molecule has 0 radical (unpaired) electrons. The van der Waals surface area contributed by atoms with Crippen molar-refractivity contribution in [1.82, 2.24) is 9.80 Å². The molecule has 9 nitrogen and oxygen atoms in total. The number of Topliss-reactive ketones (excluding diaryl/α,β-unsaturated/α-hetero) is 1. The van der Waals surface area contributed by atoms with Crippen molar-refractivity contribution in [2.45, 2.75) is 13.0 Å². The van der Waals surface area contributed by atoms with Crippen molar-refractivity contribution in [2.75, 3.05) is 38.7 Å². The molecule has 0 spiro atoms. The molecule has 1 unspecified atom stereocenters. The Morgan fingerprint density at radius 2 is 2.00 bits per heavy atom. The highest BCUT2D eigenvalue weighted by Crippen LogP contribution is 2.27. The molecule has 4 rings (SSSR count). The lowest BCUT2D eigenvalue weighted by atomic mass is 10.1. The zero-order valence-electron chi connectivity index (χ0n) is 15.4. The zero-order valence-corrected chi connectivity index (χ0v) is 15.4. The summed E-state index contributed by atoms with van der Waals surface area (Å²) in [6, 6.07) is 6.38. The van der Waals surface area contributed by atoms with E-state index in [9.17, 15) is 14.4 Å². The highest BCUT2D eigenvalue weighted by molar-refractivity contribution is 6.24. The minimum atomic E-state index is -0.676. The monoisotopic (exact) mass is 370 g/mol. The minimum absolute atomic E-state index is 0.225. The quantitative estimate of drug-likeness (QED) is 0.704. The Labute approximate surface area is 156 Å². The number of hydrogen-bond donors (Lipinski definition) is 0. The number of anilines is 1. The number of nitrogens with zero attached hydrogens (tertiary/aromatic N) is 5. The molecule has 9 heteroatoms. The Kier molecular flexibility index (Phi) is 3.94. The summed E-state index contributed by atoms with van der Waals surface area (Å²) in [5, 5.41) is 0. The molecular formula is C18H20N5O4+. The van der Waals surface area contributed by atoms with E-state index in [0.29, 0.717) is 24.9 Å². The van der Waals surface area contributed by atoms with Gasteiger partial charge in [-0.1, -0.05) is 4.99 Å². The maximum atomic E-state index is 12.9. The number of carbonyl (C=O) groups excluding carboxylic acids is 3. The number of imide groups is 1. The molecule has 0 aromatic heterocycles. The molecule has 1 fully saturated rings. The summed E-state index contributed by atoms with van der Waals surface area (Å²) < 4.78 is 7.08. The van der Waals surface area contributed by atoms with E-state index < -0.39 is 18.0 Å². The molecule has 0 N–H and O–H groups in total. The second-order valence-electron chi connectivity index (χ2n) is 6.68. The number of ether oxygens (including phenoxy) is 1. The highest BCUT2D eigenvalue weighted by Gasteiger charge is 2.55. The number of methoxy groups -OCH3 is 1. The van der Waals surface area contributed by atoms with Crippen LogP contribution in [0.1, 0.15) is 6.92 Å². The van der Waals surface area contributed by atoms with Crippen LogP contribution in [0.2, 0.25) is 0 Å². The van der Waals surface area contributed by atoms with E-state index in [1.165, 1.54) is 11.8 Å². The maximum Gasteiger partial charge on any atom is 0.397 e. The van der Waals surface area contributed by atoms with Crippen LogP contribution in [0.4, 0.5) is 10.5 Å². The molecule has 3 amide bonds. The normalized spacial score (nSPS) is 21.5. The predicted octanol–water partition coefficient (Wildman–Crippen LogP) is 0.147. The number of hydrogen-bond acceptors (Lipinski definition) is 6. The van der Waals surface area contributed by atoms with Gasteiger partial charge >= 0.3 is 12.0 Å². The van der Waals surface area contributed by atoms with Gasteiger partial charge < -0.3 is 4.74 Å². The third-order valence-electron chi connectivity index (χ3n) is 4.96. The minimum Gasteiger partial charge on any atom is -0.497 e. The smallest absolute Gasteiger partial charge is 0.397 e. The number of amides is 3. The van der Waals surface area contributed by atoms with Crippen LogP contribution in [0.15, 0.2) is 29.3 Å². The number of aliphatic imine (C=N–C) groups is 1. The Bertz CT molecular complexity index is 905. The molecule has 3 heterocycles. The van der Waals surface area contributed by atoms with Crippen LogP contribution < -0.4 is 9.64 Å². The lowest BCUT2D eigenvalue weighted by Crippen LogP contribution is -2.63. The van der Waals surface area contributed by atoms with E-state index in [4.69, 9.17) is 4.74 Å². The number of fused-ring (bicyclic) bond motifs is 2. The molecule has 1 aromatic carbocycles. The van der Waals surface area contributed by atoms with Crippen LogP contribution in [0.5, 0.6) is 5.75 Å². The predicted molar refractivity (Wildman–Crippen MR) is 97.3 cm³/mol. The molecule has 1 atom stereocenters. The third kappa shape index (κ3) is 2.57. The zero-order chi connectivity index (χ0) is 19.3. The van der Waals surface area contributed by atoms with Crippen molar-refractivity contribution in [1.29, 1.82) is 0 Å². The topological polar surface area (TPSA) is 85.5 Å². The molecule has 0 saturated carbocycles. The number of amidine groups is 1. The van der Waals surface area contributed by atoms with E-state index in [2.05, 4.69) is 4.99 Å². The molecule has 3 aliphatic heterocycles. The van der Waals surface area contributed by atoms with Gasteiger partial charge in [-0.05, 0) is 31.2 Å². The summed E-state index contributed by atoms with van der Waals surface area (Å²) in [5.41, 5.74) is 0.929. The fourth-order valence-corrected chi connectivity index (χ4v) is 3.63. The second-order valence-corrected chi connectivity index (χ2v) is 6.68. The van der Waals surface area contributed by atoms with Crippen molar-refractivity contribution >= 4 is 35.2 Å². The number of likely N-dealkylation sites (N-methyl/N-ethyl adjacent to an activating group) is 1. The average molecular weight is 370 g/mol. The van der Waals surface area contributed by atoms with Gasteiger partial charge in [0, 0.05) is 7.05 Å². The van der Waals surface area contributed by atoms with Gasteiger partial charge in [-0.2, -0.15) is 0 Å². The number of ketones is 1. The number of rotatable bonds is 4. The molecular weight excluding hydrogens is 350 g/mol. The van der Waals surface area contributed by atoms with Gasteiger partial charge in [0.25, 0.3) is 5.91 Å². The van der Waals surface area contributed by atoms with Crippen LogP contribution in [0, 0.1) is 0 Å². The second kappa shape index (κ2) is 6.19. The fraction of sp³-hybridized carbons (Fsp3) is 0.389. The average Bonchev–Trinajstić information content (AvgIpc) is 3.22. The van der Waals surface area contributed by atoms with Crippen molar-refractivity contribution in [3.8, 4) is 5.75 Å². The van der Waals surface area contributed by atoms with Crippen molar-refractivity contribution in [3.05, 3.63) is 24.3 Å². The molecule has 1 aromatic rings. The van der Waals surface area contributed by atoms with Crippen LogP contribution in [0.25, 0.3) is 0 Å². The Balaban J connectivity index is 1.69. The van der Waals surface area contributed by atoms with E-state index in [-0.39, 0.29) is 12.3 Å². The van der Waals surface area contributed by atoms with Gasteiger partial charge in [-0.15, -0.1) is 0 Å². The number of urea groups is 1. The van der Waals surface area contributed by atoms with E-state index in [1.54, 1.807) is 14.2 Å². The first-order valence-corrected chi connectivity index (χ1v) is 8.64. The van der Waals surface area contributed by atoms with Gasteiger partial charge in [-0.25, -0.2) is 14.3 Å². The molecule has 1 saturated heterocycles. The number of guanidine groups is 1. The summed E-state index contributed by atoms with van der Waals surface area (Å²) >= 11 is 0. The first-order valence-electron chi connectivity index (χ1n) is 8.64. The van der Waals surface area contributed by atoms with Crippen LogP contribution in [0.3, 0.4) is 0 Å². The molecule has 27 heavy (non-hydrogen) atoms. The largest absolute Gasteiger partial charge is 0.497 e. The van der Waals surface area contributed by atoms with Crippen LogP contribution in [-0.2, 0) is 9.59 Å². The van der Waals surface area contributed by atoms with Crippen molar-refractivity contribution in [3.63, 3.8) is 0 Å². The van der Waals surface area contributed by atoms with Gasteiger partial charge in [0.05, 0.1) is 20.2 Å². The highest BCUT2D eigenvalue weighted by atomic mass is 16.5. The van der Waals surface area contributed by atoms with Gasteiger partial charge in [-0.3, -0.25) is 19.4 Å². The lowest BCUT2D eigenvalue weighted by molar-refractivity contribution is -0.525. The molecule has 140 valence electrons. The number of benzene rings is 1. The summed E-state index contributed by atoms with van der Waals surface area (Å²) in [7, 11) is 3.19. The number of carbonyl (C=O) groups is 3. The maximum absolute atomic E-state index is 12.9. The standard InChI is InChI=1S/C18H20N5O4/c1-11(24)10-23-16(25)14-15(20(2)18(23)26)19-17-21(8-9-22(14)17)12-4-6-13(27-3)7-5-12/h4-7,14H,8-10H2,1-3H3/q+1. The Morgan fingerprint density at radius 1 is 1.30 bits per heavy atom. The SMILES string of the molecule is COc1ccc(N2CC[N+]3=C2N=C2C3C(=O)N(CC(C)=O)C(=O)N2C)cc1. The third-order valence-corrected chi connectivity index (χ3v) is 4.96.